The molecule has 0 radical (unpaired) electrons. The van der Waals surface area contributed by atoms with Gasteiger partial charge in [-0.1, -0.05) is 37.6 Å². The van der Waals surface area contributed by atoms with Gasteiger partial charge in [-0.2, -0.15) is 0 Å². The van der Waals surface area contributed by atoms with Gasteiger partial charge < -0.3 is 25.2 Å². The molecule has 0 saturated heterocycles. The van der Waals surface area contributed by atoms with Crippen LogP contribution < -0.4 is 10.8 Å². The van der Waals surface area contributed by atoms with E-state index < -0.39 is 25.2 Å². The topological polar surface area (TPSA) is 116 Å². The predicted octanol–water partition coefficient (Wildman–Crippen LogP) is -0.112. The van der Waals surface area contributed by atoms with Crippen LogP contribution in [0.1, 0.15) is 25.3 Å². The second kappa shape index (κ2) is 9.06. The van der Waals surface area contributed by atoms with E-state index in [0.717, 1.165) is 12.8 Å². The number of carboxylic acids is 1. The molecule has 0 saturated carbocycles. The third-order valence-electron chi connectivity index (χ3n) is 3.04. The summed E-state index contributed by atoms with van der Waals surface area (Å²) in [6.07, 6.45) is 0.901. The van der Waals surface area contributed by atoms with Crippen molar-refractivity contribution in [1.82, 2.24) is 5.32 Å². The summed E-state index contributed by atoms with van der Waals surface area (Å²) in [7, 11) is -1.57. The fraction of sp³-hybridized carbons (Fsp3) is 0.429. The second-order valence-electron chi connectivity index (χ2n) is 4.84. The normalized spacial score (nSPS) is 11.6. The Labute approximate surface area is 129 Å². The van der Waals surface area contributed by atoms with Crippen molar-refractivity contribution in [2.45, 2.75) is 32.2 Å². The molecule has 0 spiro atoms. The molecule has 4 N–H and O–H groups in total. The summed E-state index contributed by atoms with van der Waals surface area (Å²) >= 11 is 0. The van der Waals surface area contributed by atoms with Crippen LogP contribution in [0.5, 0.6) is 0 Å². The third-order valence-corrected chi connectivity index (χ3v) is 3.04. The van der Waals surface area contributed by atoms with Crippen LogP contribution in [0.2, 0.25) is 0 Å². The van der Waals surface area contributed by atoms with Gasteiger partial charge in [0, 0.05) is 6.42 Å². The van der Waals surface area contributed by atoms with E-state index in [4.69, 9.17) is 19.9 Å². The number of benzene rings is 1. The summed E-state index contributed by atoms with van der Waals surface area (Å²) in [4.78, 5) is 22.7. The standard InChI is InChI=1S/C14H20BNO6/c1-2-3-8-22-14(19)16-12(13(17)18)9-10-4-6-11(7-5-10)15(20)21/h4-7,12,20-21H,2-3,8-9H2,1H3,(H,16,19)(H,17,18)/t12-/m0/s1. The molecular formula is C14H20BNO6. The molecule has 0 fully saturated rings. The number of alkyl carbamates (subject to hydrolysis) is 1. The average Bonchev–Trinajstić information content (AvgIpc) is 2.47. The van der Waals surface area contributed by atoms with Crippen LogP contribution in [0, 0.1) is 0 Å². The van der Waals surface area contributed by atoms with Crippen molar-refractivity contribution in [3.05, 3.63) is 29.8 Å². The number of hydrogen-bond donors (Lipinski definition) is 4. The third kappa shape index (κ3) is 6.15. The summed E-state index contributed by atoms with van der Waals surface area (Å²) in [6.45, 7) is 2.20. The van der Waals surface area contributed by atoms with Crippen molar-refractivity contribution >= 4 is 24.6 Å². The van der Waals surface area contributed by atoms with Gasteiger partial charge in [-0.15, -0.1) is 0 Å². The highest BCUT2D eigenvalue weighted by Gasteiger charge is 2.21. The molecular weight excluding hydrogens is 289 g/mol. The van der Waals surface area contributed by atoms with Gasteiger partial charge in [0.25, 0.3) is 0 Å². The number of carbonyl (C=O) groups excluding carboxylic acids is 1. The van der Waals surface area contributed by atoms with Crippen molar-refractivity contribution in [3.63, 3.8) is 0 Å². The summed E-state index contributed by atoms with van der Waals surface area (Å²) in [5.74, 6) is -1.17. The molecule has 0 heterocycles. The minimum atomic E-state index is -1.57. The zero-order valence-electron chi connectivity index (χ0n) is 12.4. The lowest BCUT2D eigenvalue weighted by Crippen LogP contribution is -2.42. The molecule has 0 aromatic heterocycles. The van der Waals surface area contributed by atoms with Crippen molar-refractivity contribution in [1.29, 1.82) is 0 Å². The molecule has 0 unspecified atom stereocenters. The van der Waals surface area contributed by atoms with Gasteiger partial charge in [0.1, 0.15) is 6.04 Å². The number of carbonyl (C=O) groups is 2. The first kappa shape index (κ1) is 18.0. The molecule has 0 aliphatic heterocycles. The molecule has 8 heteroatoms. The fourth-order valence-electron chi connectivity index (χ4n) is 1.75. The Bertz CT molecular complexity index is 491. The fourth-order valence-corrected chi connectivity index (χ4v) is 1.75. The van der Waals surface area contributed by atoms with E-state index in [-0.39, 0.29) is 13.0 Å². The number of amides is 1. The maximum absolute atomic E-state index is 11.5. The Morgan fingerprint density at radius 3 is 2.41 bits per heavy atom. The molecule has 0 aliphatic carbocycles. The Morgan fingerprint density at radius 2 is 1.91 bits per heavy atom. The van der Waals surface area contributed by atoms with Crippen LogP contribution in [0.15, 0.2) is 24.3 Å². The zero-order valence-corrected chi connectivity index (χ0v) is 12.4. The van der Waals surface area contributed by atoms with Crippen LogP contribution in [-0.4, -0.2) is 47.0 Å². The summed E-state index contributed by atoms with van der Waals surface area (Å²) in [5, 5.41) is 29.4. The van der Waals surface area contributed by atoms with E-state index in [1.54, 1.807) is 12.1 Å². The maximum Gasteiger partial charge on any atom is 0.488 e. The highest BCUT2D eigenvalue weighted by molar-refractivity contribution is 6.58. The van der Waals surface area contributed by atoms with Gasteiger partial charge in [0.15, 0.2) is 0 Å². The Hall–Kier alpha value is -2.06. The molecule has 1 aromatic rings. The van der Waals surface area contributed by atoms with Gasteiger partial charge >= 0.3 is 19.2 Å². The van der Waals surface area contributed by atoms with Crippen molar-refractivity contribution < 1.29 is 29.5 Å². The van der Waals surface area contributed by atoms with Gasteiger partial charge in [-0.3, -0.25) is 0 Å². The minimum absolute atomic E-state index is 0.0695. The lowest BCUT2D eigenvalue weighted by molar-refractivity contribution is -0.139. The molecule has 0 bridgehead atoms. The number of nitrogens with one attached hydrogen (secondary N) is 1. The molecule has 22 heavy (non-hydrogen) atoms. The highest BCUT2D eigenvalue weighted by Crippen LogP contribution is 2.04. The number of rotatable bonds is 8. The quantitative estimate of drug-likeness (QED) is 0.393. The van der Waals surface area contributed by atoms with E-state index in [2.05, 4.69) is 5.32 Å². The van der Waals surface area contributed by atoms with E-state index in [0.29, 0.717) is 11.0 Å². The van der Waals surface area contributed by atoms with Crippen LogP contribution in [0.3, 0.4) is 0 Å². The van der Waals surface area contributed by atoms with Crippen molar-refractivity contribution in [2.75, 3.05) is 6.61 Å². The van der Waals surface area contributed by atoms with Crippen LogP contribution in [-0.2, 0) is 16.0 Å². The van der Waals surface area contributed by atoms with Gasteiger partial charge in [0.05, 0.1) is 6.61 Å². The summed E-state index contributed by atoms with van der Waals surface area (Å²) in [5.41, 5.74) is 0.952. The van der Waals surface area contributed by atoms with E-state index in [1.807, 2.05) is 6.92 Å². The number of unbranched alkanes of at least 4 members (excludes halogenated alkanes) is 1. The molecule has 1 rings (SSSR count). The second-order valence-corrected chi connectivity index (χ2v) is 4.84. The minimum Gasteiger partial charge on any atom is -0.480 e. The number of carboxylic acid groups (broad SMARTS) is 1. The molecule has 7 nitrogen and oxygen atoms in total. The molecule has 1 atom stereocenters. The van der Waals surface area contributed by atoms with E-state index in [1.165, 1.54) is 12.1 Å². The van der Waals surface area contributed by atoms with E-state index in [9.17, 15) is 9.59 Å². The summed E-state index contributed by atoms with van der Waals surface area (Å²) in [6, 6.07) is 5.01. The van der Waals surface area contributed by atoms with E-state index >= 15 is 0 Å². The first-order chi connectivity index (χ1) is 10.4. The van der Waals surface area contributed by atoms with Crippen molar-refractivity contribution in [2.24, 2.45) is 0 Å². The van der Waals surface area contributed by atoms with Gasteiger partial charge in [-0.25, -0.2) is 9.59 Å². The highest BCUT2D eigenvalue weighted by atomic mass is 16.5. The number of aliphatic carboxylic acids is 1. The first-order valence-corrected chi connectivity index (χ1v) is 7.05. The van der Waals surface area contributed by atoms with Gasteiger partial charge in [0.2, 0.25) is 0 Å². The zero-order chi connectivity index (χ0) is 16.5. The largest absolute Gasteiger partial charge is 0.488 e. The molecule has 0 aliphatic rings. The SMILES string of the molecule is CCCCOC(=O)N[C@@H](Cc1ccc(B(O)O)cc1)C(=O)O. The molecule has 120 valence electrons. The number of ether oxygens (including phenoxy) is 1. The Morgan fingerprint density at radius 1 is 1.27 bits per heavy atom. The summed E-state index contributed by atoms with van der Waals surface area (Å²) < 4.78 is 4.87. The lowest BCUT2D eigenvalue weighted by Gasteiger charge is -2.15. The Balaban J connectivity index is 2.60. The maximum atomic E-state index is 11.5. The molecule has 1 aromatic carbocycles. The van der Waals surface area contributed by atoms with Crippen LogP contribution in [0.25, 0.3) is 0 Å². The van der Waals surface area contributed by atoms with Crippen molar-refractivity contribution in [3.8, 4) is 0 Å². The van der Waals surface area contributed by atoms with Crippen LogP contribution >= 0.6 is 0 Å². The van der Waals surface area contributed by atoms with Gasteiger partial charge in [-0.05, 0) is 17.4 Å². The van der Waals surface area contributed by atoms with Crippen LogP contribution in [0.4, 0.5) is 4.79 Å². The number of hydrogen-bond acceptors (Lipinski definition) is 5. The average molecular weight is 309 g/mol. The molecule has 1 amide bonds. The Kier molecular flexibility index (Phi) is 7.41. The monoisotopic (exact) mass is 309 g/mol. The smallest absolute Gasteiger partial charge is 0.480 e. The predicted molar refractivity (Wildman–Crippen MR) is 80.8 cm³/mol. The first-order valence-electron chi connectivity index (χ1n) is 7.05. The lowest BCUT2D eigenvalue weighted by atomic mass is 9.80.